The van der Waals surface area contributed by atoms with Crippen molar-refractivity contribution in [1.82, 2.24) is 20.0 Å². The molecule has 2 amide bonds. The highest BCUT2D eigenvalue weighted by Gasteiger charge is 2.34. The monoisotopic (exact) mass is 428 g/mol. The summed E-state index contributed by atoms with van der Waals surface area (Å²) in [5.74, 6) is 1.45. The number of piperazine rings is 1. The predicted molar refractivity (Wildman–Crippen MR) is 120 cm³/mol. The van der Waals surface area contributed by atoms with Crippen LogP contribution in [0.5, 0.6) is 5.75 Å². The summed E-state index contributed by atoms with van der Waals surface area (Å²) in [6, 6.07) is 6.13. The number of carbonyl (C=O) groups is 2. The number of carbonyl (C=O) groups excluding carboxylic acids is 2. The number of hydrogen-bond donors (Lipinski definition) is 1. The minimum Gasteiger partial charge on any atom is -0.491 e. The first kappa shape index (κ1) is 22.1. The van der Waals surface area contributed by atoms with Gasteiger partial charge in [-0.25, -0.2) is 0 Å². The summed E-state index contributed by atoms with van der Waals surface area (Å²) in [6.07, 6.45) is 3.22. The highest BCUT2D eigenvalue weighted by atomic mass is 16.5. The fraction of sp³-hybridized carbons (Fsp3) is 0.667. The molecule has 0 atom stereocenters. The van der Waals surface area contributed by atoms with Crippen LogP contribution in [0.25, 0.3) is 0 Å². The van der Waals surface area contributed by atoms with Crippen molar-refractivity contribution in [2.24, 2.45) is 5.92 Å². The topological polar surface area (TPSA) is 65.1 Å². The van der Waals surface area contributed by atoms with Gasteiger partial charge in [-0.1, -0.05) is 19.1 Å². The van der Waals surface area contributed by atoms with E-state index in [1.807, 2.05) is 17.0 Å². The Morgan fingerprint density at radius 3 is 2.61 bits per heavy atom. The maximum Gasteiger partial charge on any atom is 0.226 e. The minimum absolute atomic E-state index is 0.101. The van der Waals surface area contributed by atoms with E-state index in [1.165, 1.54) is 0 Å². The zero-order valence-electron chi connectivity index (χ0n) is 18.8. The van der Waals surface area contributed by atoms with Crippen LogP contribution in [0.2, 0.25) is 0 Å². The van der Waals surface area contributed by atoms with Gasteiger partial charge in [-0.2, -0.15) is 0 Å². The van der Waals surface area contributed by atoms with Crippen molar-refractivity contribution < 1.29 is 14.3 Å². The highest BCUT2D eigenvalue weighted by molar-refractivity contribution is 5.81. The van der Waals surface area contributed by atoms with Crippen molar-refractivity contribution in [3.63, 3.8) is 0 Å². The third-order valence-corrected chi connectivity index (χ3v) is 6.65. The summed E-state index contributed by atoms with van der Waals surface area (Å²) in [5, 5.41) is 3.07. The Kier molecular flexibility index (Phi) is 7.45. The lowest BCUT2D eigenvalue weighted by molar-refractivity contribution is -0.133. The van der Waals surface area contributed by atoms with E-state index >= 15 is 0 Å². The fourth-order valence-electron chi connectivity index (χ4n) is 4.41. The SMILES string of the molecule is CCN1CCN(CCNC(=O)CCc2ccc3c(c2)CN(C(=O)C2CC2)CCO3)CC1. The third kappa shape index (κ3) is 6.20. The maximum absolute atomic E-state index is 12.5. The standard InChI is InChI=1S/C24H36N4O3/c1-2-26-11-13-27(14-12-26)10-9-25-23(29)8-4-19-3-7-22-21(17-19)18-28(15-16-31-22)24(30)20-5-6-20/h3,7,17,20H,2,4-6,8-16,18H2,1H3,(H,25,29). The van der Waals surface area contributed by atoms with Crippen molar-refractivity contribution in [3.05, 3.63) is 29.3 Å². The molecule has 2 fully saturated rings. The largest absolute Gasteiger partial charge is 0.491 e. The van der Waals surface area contributed by atoms with E-state index in [-0.39, 0.29) is 17.7 Å². The molecule has 0 unspecified atom stereocenters. The Bertz CT molecular complexity index is 772. The van der Waals surface area contributed by atoms with Gasteiger partial charge in [0.15, 0.2) is 0 Å². The van der Waals surface area contributed by atoms with Crippen LogP contribution >= 0.6 is 0 Å². The Labute approximate surface area is 185 Å². The van der Waals surface area contributed by atoms with E-state index in [2.05, 4.69) is 28.1 Å². The highest BCUT2D eigenvalue weighted by Crippen LogP contribution is 2.33. The molecule has 1 N–H and O–H groups in total. The number of hydrogen-bond acceptors (Lipinski definition) is 5. The molecule has 170 valence electrons. The van der Waals surface area contributed by atoms with Gasteiger partial charge >= 0.3 is 0 Å². The molecule has 7 heteroatoms. The van der Waals surface area contributed by atoms with E-state index in [9.17, 15) is 9.59 Å². The van der Waals surface area contributed by atoms with Gasteiger partial charge in [0.05, 0.1) is 6.54 Å². The molecule has 4 rings (SSSR count). The Morgan fingerprint density at radius 1 is 1.10 bits per heavy atom. The van der Waals surface area contributed by atoms with E-state index < -0.39 is 0 Å². The molecule has 2 aliphatic heterocycles. The molecule has 7 nitrogen and oxygen atoms in total. The number of fused-ring (bicyclic) bond motifs is 1. The second kappa shape index (κ2) is 10.5. The van der Waals surface area contributed by atoms with Crippen molar-refractivity contribution in [3.8, 4) is 5.75 Å². The Hall–Kier alpha value is -2.12. The number of rotatable bonds is 8. The molecule has 0 spiro atoms. The van der Waals surface area contributed by atoms with Crippen LogP contribution in [0, 0.1) is 5.92 Å². The van der Waals surface area contributed by atoms with Gasteiger partial charge in [-0.15, -0.1) is 0 Å². The summed E-state index contributed by atoms with van der Waals surface area (Å²) >= 11 is 0. The van der Waals surface area contributed by atoms with E-state index in [0.717, 1.165) is 69.0 Å². The second-order valence-corrected chi connectivity index (χ2v) is 8.95. The lowest BCUT2D eigenvalue weighted by Crippen LogP contribution is -2.48. The van der Waals surface area contributed by atoms with Crippen LogP contribution in [0.4, 0.5) is 0 Å². The zero-order valence-corrected chi connectivity index (χ0v) is 18.8. The van der Waals surface area contributed by atoms with Gasteiger partial charge in [0, 0.05) is 63.7 Å². The van der Waals surface area contributed by atoms with Crippen LogP contribution < -0.4 is 10.1 Å². The number of likely N-dealkylation sites (N-methyl/N-ethyl adjacent to an activating group) is 1. The summed E-state index contributed by atoms with van der Waals surface area (Å²) in [5.41, 5.74) is 2.17. The van der Waals surface area contributed by atoms with Crippen LogP contribution in [0.15, 0.2) is 18.2 Å². The molecule has 0 bridgehead atoms. The summed E-state index contributed by atoms with van der Waals surface area (Å²) in [6.45, 7) is 11.2. The van der Waals surface area contributed by atoms with E-state index in [4.69, 9.17) is 4.74 Å². The van der Waals surface area contributed by atoms with Crippen LogP contribution in [0.3, 0.4) is 0 Å². The van der Waals surface area contributed by atoms with Crippen LogP contribution in [-0.2, 0) is 22.6 Å². The molecule has 1 aromatic rings. The number of nitrogens with zero attached hydrogens (tertiary/aromatic N) is 3. The van der Waals surface area contributed by atoms with Crippen molar-refractivity contribution in [2.45, 2.75) is 39.2 Å². The van der Waals surface area contributed by atoms with E-state index in [0.29, 0.717) is 39.1 Å². The summed E-state index contributed by atoms with van der Waals surface area (Å²) in [4.78, 5) is 31.6. The van der Waals surface area contributed by atoms with Gasteiger partial charge in [-0.05, 0) is 37.4 Å². The number of ether oxygens (including phenoxy) is 1. The average Bonchev–Trinajstić information content (AvgIpc) is 3.64. The zero-order chi connectivity index (χ0) is 21.6. The van der Waals surface area contributed by atoms with Gasteiger partial charge in [-0.3, -0.25) is 14.5 Å². The van der Waals surface area contributed by atoms with Gasteiger partial charge in [0.1, 0.15) is 12.4 Å². The molecule has 1 aliphatic carbocycles. The molecule has 1 saturated heterocycles. The molecule has 0 radical (unpaired) electrons. The summed E-state index contributed by atoms with van der Waals surface area (Å²) in [7, 11) is 0. The van der Waals surface area contributed by atoms with Crippen molar-refractivity contribution in [2.75, 3.05) is 59.0 Å². The first-order valence-electron chi connectivity index (χ1n) is 11.9. The first-order chi connectivity index (χ1) is 15.1. The molecule has 0 aromatic heterocycles. The number of benzene rings is 1. The van der Waals surface area contributed by atoms with Gasteiger partial charge in [0.25, 0.3) is 0 Å². The smallest absolute Gasteiger partial charge is 0.226 e. The lowest BCUT2D eigenvalue weighted by atomic mass is 10.0. The average molecular weight is 429 g/mol. The molecular weight excluding hydrogens is 392 g/mol. The normalized spacial score (nSPS) is 20.0. The summed E-state index contributed by atoms with van der Waals surface area (Å²) < 4.78 is 5.85. The number of aryl methyl sites for hydroxylation is 1. The minimum atomic E-state index is 0.101. The second-order valence-electron chi connectivity index (χ2n) is 8.95. The number of amides is 2. The van der Waals surface area contributed by atoms with Crippen LogP contribution in [0.1, 0.15) is 37.3 Å². The van der Waals surface area contributed by atoms with Crippen molar-refractivity contribution in [1.29, 1.82) is 0 Å². The quantitative estimate of drug-likeness (QED) is 0.680. The molecular formula is C24H36N4O3. The number of nitrogens with one attached hydrogen (secondary N) is 1. The molecule has 1 saturated carbocycles. The Balaban J connectivity index is 1.21. The van der Waals surface area contributed by atoms with Crippen molar-refractivity contribution >= 4 is 11.8 Å². The first-order valence-corrected chi connectivity index (χ1v) is 11.9. The van der Waals surface area contributed by atoms with Crippen LogP contribution in [-0.4, -0.2) is 85.5 Å². The van der Waals surface area contributed by atoms with Gasteiger partial charge in [0.2, 0.25) is 11.8 Å². The fourth-order valence-corrected chi connectivity index (χ4v) is 4.41. The molecule has 3 aliphatic rings. The molecule has 31 heavy (non-hydrogen) atoms. The maximum atomic E-state index is 12.5. The van der Waals surface area contributed by atoms with E-state index in [1.54, 1.807) is 0 Å². The Morgan fingerprint density at radius 2 is 1.87 bits per heavy atom. The predicted octanol–water partition coefficient (Wildman–Crippen LogP) is 1.50. The molecule has 2 heterocycles. The molecule has 1 aromatic carbocycles. The van der Waals surface area contributed by atoms with Gasteiger partial charge < -0.3 is 19.9 Å². The third-order valence-electron chi connectivity index (χ3n) is 6.65. The lowest BCUT2D eigenvalue weighted by Gasteiger charge is -2.33.